The van der Waals surface area contributed by atoms with Crippen molar-refractivity contribution in [1.82, 2.24) is 0 Å². The number of anilines is 1. The summed E-state index contributed by atoms with van der Waals surface area (Å²) in [5.74, 6) is 1.55. The molecule has 1 aromatic rings. The van der Waals surface area contributed by atoms with Gasteiger partial charge in [-0.25, -0.2) is 0 Å². The summed E-state index contributed by atoms with van der Waals surface area (Å²) in [4.78, 5) is 12.1. The van der Waals surface area contributed by atoms with E-state index >= 15 is 0 Å². The number of thioether (sulfide) groups is 1. The molecular formula is C15H22N2OS. The van der Waals surface area contributed by atoms with Gasteiger partial charge in [-0.2, -0.15) is 11.8 Å². The topological polar surface area (TPSA) is 55.1 Å². The van der Waals surface area contributed by atoms with E-state index in [9.17, 15) is 4.79 Å². The Balaban J connectivity index is 2.34. The van der Waals surface area contributed by atoms with E-state index in [-0.39, 0.29) is 11.3 Å². The van der Waals surface area contributed by atoms with Crippen LogP contribution in [-0.2, 0) is 4.79 Å². The Bertz CT molecular complexity index is 470. The Labute approximate surface area is 119 Å². The van der Waals surface area contributed by atoms with Gasteiger partial charge in [0.1, 0.15) is 5.54 Å². The number of amides is 1. The van der Waals surface area contributed by atoms with Crippen LogP contribution < -0.4 is 11.1 Å². The first-order valence-electron chi connectivity index (χ1n) is 6.60. The van der Waals surface area contributed by atoms with Crippen LogP contribution in [0, 0.1) is 12.3 Å². The fourth-order valence-electron chi connectivity index (χ4n) is 2.52. The number of rotatable bonds is 3. The minimum atomic E-state index is -0.675. The van der Waals surface area contributed by atoms with Gasteiger partial charge in [0, 0.05) is 11.4 Å². The molecule has 1 fully saturated rings. The number of aryl methyl sites for hydroxylation is 1. The summed E-state index contributed by atoms with van der Waals surface area (Å²) in [5.41, 5.74) is 7.08. The Kier molecular flexibility index (Phi) is 3.81. The molecule has 1 aromatic carbocycles. The van der Waals surface area contributed by atoms with Crippen LogP contribution in [0.3, 0.4) is 0 Å². The van der Waals surface area contributed by atoms with Crippen LogP contribution in [0.2, 0.25) is 0 Å². The molecule has 0 bridgehead atoms. The monoisotopic (exact) mass is 278 g/mol. The molecule has 3 nitrogen and oxygen atoms in total. The van der Waals surface area contributed by atoms with Crippen molar-refractivity contribution in [3.63, 3.8) is 0 Å². The molecule has 19 heavy (non-hydrogen) atoms. The van der Waals surface area contributed by atoms with Crippen molar-refractivity contribution in [2.75, 3.05) is 16.8 Å². The first-order valence-corrected chi connectivity index (χ1v) is 7.75. The lowest BCUT2D eigenvalue weighted by molar-refractivity contribution is -0.125. The Morgan fingerprint density at radius 2 is 1.95 bits per heavy atom. The van der Waals surface area contributed by atoms with Crippen molar-refractivity contribution >= 4 is 23.4 Å². The van der Waals surface area contributed by atoms with Gasteiger partial charge in [0.25, 0.3) is 0 Å². The first kappa shape index (κ1) is 14.3. The molecule has 1 aliphatic heterocycles. The molecule has 104 valence electrons. The number of carbonyl (C=O) groups excluding carboxylic acids is 1. The van der Waals surface area contributed by atoms with Crippen molar-refractivity contribution in [2.45, 2.75) is 32.7 Å². The number of nitrogens with one attached hydrogen (secondary N) is 1. The number of hydrogen-bond donors (Lipinski definition) is 2. The standard InChI is InChI=1S/C15H22N2OS/c1-11-4-6-12(7-5-11)17-15(13(16)18)10-19-9-8-14(15,2)3/h4-7,17H,8-10H2,1-3H3,(H2,16,18). The molecule has 1 amide bonds. The zero-order valence-electron chi connectivity index (χ0n) is 11.8. The molecular weight excluding hydrogens is 256 g/mol. The summed E-state index contributed by atoms with van der Waals surface area (Å²) < 4.78 is 0. The molecule has 0 aromatic heterocycles. The van der Waals surface area contributed by atoms with Gasteiger partial charge in [-0.05, 0) is 36.6 Å². The Morgan fingerprint density at radius 3 is 2.47 bits per heavy atom. The van der Waals surface area contributed by atoms with Crippen LogP contribution in [-0.4, -0.2) is 23.0 Å². The van der Waals surface area contributed by atoms with E-state index in [2.05, 4.69) is 19.2 Å². The quantitative estimate of drug-likeness (QED) is 0.894. The highest BCUT2D eigenvalue weighted by molar-refractivity contribution is 7.99. The van der Waals surface area contributed by atoms with Gasteiger partial charge in [0.2, 0.25) is 5.91 Å². The summed E-state index contributed by atoms with van der Waals surface area (Å²) >= 11 is 1.79. The van der Waals surface area contributed by atoms with Crippen molar-refractivity contribution in [1.29, 1.82) is 0 Å². The van der Waals surface area contributed by atoms with E-state index in [4.69, 9.17) is 5.73 Å². The number of hydrogen-bond acceptors (Lipinski definition) is 3. The van der Waals surface area contributed by atoms with E-state index in [0.717, 1.165) is 23.6 Å². The van der Waals surface area contributed by atoms with Crippen LogP contribution in [0.15, 0.2) is 24.3 Å². The van der Waals surface area contributed by atoms with Crippen LogP contribution in [0.5, 0.6) is 0 Å². The van der Waals surface area contributed by atoms with Gasteiger partial charge in [-0.3, -0.25) is 4.79 Å². The lowest BCUT2D eigenvalue weighted by Gasteiger charge is -2.48. The highest BCUT2D eigenvalue weighted by Gasteiger charge is 2.51. The maximum Gasteiger partial charge on any atom is 0.244 e. The second-order valence-corrected chi connectivity index (χ2v) is 7.05. The third-order valence-electron chi connectivity index (χ3n) is 4.18. The molecule has 2 rings (SSSR count). The molecule has 1 atom stereocenters. The van der Waals surface area contributed by atoms with E-state index in [0.29, 0.717) is 0 Å². The minimum absolute atomic E-state index is 0.144. The second-order valence-electron chi connectivity index (χ2n) is 5.95. The third kappa shape index (κ3) is 2.59. The highest BCUT2D eigenvalue weighted by atomic mass is 32.2. The van der Waals surface area contributed by atoms with Crippen LogP contribution in [0.1, 0.15) is 25.8 Å². The molecule has 4 heteroatoms. The number of nitrogens with two attached hydrogens (primary N) is 1. The summed E-state index contributed by atoms with van der Waals surface area (Å²) in [6.07, 6.45) is 0.986. The number of benzene rings is 1. The van der Waals surface area contributed by atoms with Crippen LogP contribution in [0.25, 0.3) is 0 Å². The number of carbonyl (C=O) groups is 1. The molecule has 0 radical (unpaired) electrons. The summed E-state index contributed by atoms with van der Waals surface area (Å²) in [6, 6.07) is 8.10. The predicted molar refractivity (Wildman–Crippen MR) is 82.5 cm³/mol. The van der Waals surface area contributed by atoms with Gasteiger partial charge in [0.15, 0.2) is 0 Å². The van der Waals surface area contributed by atoms with Gasteiger partial charge in [-0.1, -0.05) is 31.5 Å². The lowest BCUT2D eigenvalue weighted by atomic mass is 9.70. The summed E-state index contributed by atoms with van der Waals surface area (Å²) in [6.45, 7) is 6.30. The molecule has 1 heterocycles. The first-order chi connectivity index (χ1) is 8.87. The highest BCUT2D eigenvalue weighted by Crippen LogP contribution is 2.44. The molecule has 1 saturated heterocycles. The molecule has 0 saturated carbocycles. The van der Waals surface area contributed by atoms with Gasteiger partial charge in [0.05, 0.1) is 0 Å². The lowest BCUT2D eigenvalue weighted by Crippen LogP contribution is -2.63. The predicted octanol–water partition coefficient (Wildman–Crippen LogP) is 2.79. The van der Waals surface area contributed by atoms with E-state index in [1.165, 1.54) is 5.56 Å². The van der Waals surface area contributed by atoms with Crippen LogP contribution >= 0.6 is 11.8 Å². The van der Waals surface area contributed by atoms with Gasteiger partial charge in [-0.15, -0.1) is 0 Å². The minimum Gasteiger partial charge on any atom is -0.370 e. The maximum absolute atomic E-state index is 12.1. The molecule has 0 aliphatic carbocycles. The average molecular weight is 278 g/mol. The molecule has 1 unspecified atom stereocenters. The summed E-state index contributed by atoms with van der Waals surface area (Å²) in [7, 11) is 0. The maximum atomic E-state index is 12.1. The van der Waals surface area contributed by atoms with E-state index in [1.54, 1.807) is 11.8 Å². The van der Waals surface area contributed by atoms with Crippen LogP contribution in [0.4, 0.5) is 5.69 Å². The fraction of sp³-hybridized carbons (Fsp3) is 0.533. The van der Waals surface area contributed by atoms with Crippen molar-refractivity contribution < 1.29 is 4.79 Å². The van der Waals surface area contributed by atoms with Gasteiger partial charge >= 0.3 is 0 Å². The third-order valence-corrected chi connectivity index (χ3v) is 5.31. The van der Waals surface area contributed by atoms with Gasteiger partial charge < -0.3 is 11.1 Å². The molecule has 1 aliphatic rings. The average Bonchev–Trinajstić information content (AvgIpc) is 2.34. The van der Waals surface area contributed by atoms with E-state index in [1.807, 2.05) is 31.2 Å². The molecule has 3 N–H and O–H groups in total. The largest absolute Gasteiger partial charge is 0.370 e. The smallest absolute Gasteiger partial charge is 0.244 e. The van der Waals surface area contributed by atoms with E-state index < -0.39 is 5.54 Å². The number of primary amides is 1. The van der Waals surface area contributed by atoms with Crippen molar-refractivity contribution in [3.05, 3.63) is 29.8 Å². The Morgan fingerprint density at radius 1 is 1.32 bits per heavy atom. The fourth-order valence-corrected chi connectivity index (χ4v) is 4.23. The zero-order valence-corrected chi connectivity index (χ0v) is 12.6. The SMILES string of the molecule is Cc1ccc(NC2(C(N)=O)CSCCC2(C)C)cc1. The molecule has 0 spiro atoms. The van der Waals surface area contributed by atoms with Crippen molar-refractivity contribution in [2.24, 2.45) is 11.1 Å². The second kappa shape index (κ2) is 5.08. The summed E-state index contributed by atoms with van der Waals surface area (Å²) in [5, 5.41) is 3.42. The zero-order chi connectivity index (χ0) is 14.1. The Hall–Kier alpha value is -1.16. The van der Waals surface area contributed by atoms with Crippen molar-refractivity contribution in [3.8, 4) is 0 Å². The normalized spacial score (nSPS) is 25.8.